The fourth-order valence-electron chi connectivity index (χ4n) is 2.10. The number of hydrogen-bond donors (Lipinski definition) is 2. The lowest BCUT2D eigenvalue weighted by atomic mass is 10.2. The molecule has 25 heavy (non-hydrogen) atoms. The molecule has 9 heteroatoms. The molecule has 0 aliphatic rings. The minimum absolute atomic E-state index is 0.0641. The van der Waals surface area contributed by atoms with E-state index in [1.165, 1.54) is 23.9 Å². The molecule has 130 valence electrons. The zero-order chi connectivity index (χ0) is 18.0. The summed E-state index contributed by atoms with van der Waals surface area (Å²) >= 11 is 7.08. The second-order valence-corrected chi connectivity index (χ2v) is 6.52. The zero-order valence-electron chi connectivity index (χ0n) is 12.5. The highest BCUT2D eigenvalue weighted by atomic mass is 35.5. The van der Waals surface area contributed by atoms with Gasteiger partial charge in [-0.15, -0.1) is 0 Å². The van der Waals surface area contributed by atoms with E-state index in [-0.39, 0.29) is 11.7 Å². The molecule has 2 aromatic carbocycles. The number of hydrogen-bond acceptors (Lipinski definition) is 3. The van der Waals surface area contributed by atoms with Gasteiger partial charge in [0.2, 0.25) is 5.91 Å². The minimum atomic E-state index is -4.40. The van der Waals surface area contributed by atoms with E-state index in [4.69, 9.17) is 11.6 Å². The molecule has 1 aromatic heterocycles. The molecule has 0 aliphatic heterocycles. The van der Waals surface area contributed by atoms with Crippen molar-refractivity contribution in [2.24, 2.45) is 0 Å². The zero-order valence-corrected chi connectivity index (χ0v) is 14.1. The van der Waals surface area contributed by atoms with Crippen LogP contribution in [0.5, 0.6) is 0 Å². The van der Waals surface area contributed by atoms with E-state index < -0.39 is 11.7 Å². The third-order valence-corrected chi connectivity index (χ3v) is 4.37. The van der Waals surface area contributed by atoms with E-state index in [9.17, 15) is 18.0 Å². The highest BCUT2D eigenvalue weighted by Crippen LogP contribution is 2.30. The Hall–Kier alpha value is -2.19. The largest absolute Gasteiger partial charge is 0.416 e. The smallest absolute Gasteiger partial charge is 0.333 e. The number of amides is 1. The molecule has 0 saturated heterocycles. The van der Waals surface area contributed by atoms with Crippen LogP contribution in [0.15, 0.2) is 47.6 Å². The van der Waals surface area contributed by atoms with E-state index in [0.29, 0.717) is 15.9 Å². The van der Waals surface area contributed by atoms with Crippen molar-refractivity contribution >= 4 is 46.0 Å². The van der Waals surface area contributed by atoms with E-state index in [2.05, 4.69) is 15.3 Å². The van der Waals surface area contributed by atoms with E-state index in [0.717, 1.165) is 23.2 Å². The number of alkyl halides is 3. The van der Waals surface area contributed by atoms with Crippen molar-refractivity contribution in [2.75, 3.05) is 11.1 Å². The molecular formula is C16H11ClF3N3OS. The number of halogens is 4. The van der Waals surface area contributed by atoms with Crippen LogP contribution in [0.1, 0.15) is 5.56 Å². The van der Waals surface area contributed by atoms with Crippen LogP contribution in [0, 0.1) is 0 Å². The molecule has 2 N–H and O–H groups in total. The quantitative estimate of drug-likeness (QED) is 0.624. The number of thioether (sulfide) groups is 1. The summed E-state index contributed by atoms with van der Waals surface area (Å²) in [5, 5.41) is 3.68. The lowest BCUT2D eigenvalue weighted by molar-refractivity contribution is -0.137. The number of imidazole rings is 1. The molecule has 0 unspecified atom stereocenters. The van der Waals surface area contributed by atoms with Gasteiger partial charge in [-0.1, -0.05) is 23.4 Å². The molecule has 3 rings (SSSR count). The summed E-state index contributed by atoms with van der Waals surface area (Å²) in [6.07, 6.45) is -4.40. The highest BCUT2D eigenvalue weighted by molar-refractivity contribution is 7.99. The average Bonchev–Trinajstić information content (AvgIpc) is 2.94. The SMILES string of the molecule is O=C(CSc1nc2ccc(Cl)cc2[nH]1)Nc1ccc(C(F)(F)F)cc1. The molecule has 3 aromatic rings. The lowest BCUT2D eigenvalue weighted by Gasteiger charge is -2.08. The second kappa shape index (κ2) is 6.97. The first-order valence-electron chi connectivity index (χ1n) is 7.06. The van der Waals surface area contributed by atoms with Gasteiger partial charge in [-0.3, -0.25) is 4.79 Å². The van der Waals surface area contributed by atoms with Crippen molar-refractivity contribution in [2.45, 2.75) is 11.3 Å². The van der Waals surface area contributed by atoms with E-state index >= 15 is 0 Å². The van der Waals surface area contributed by atoms with Crippen LogP contribution in [-0.2, 0) is 11.0 Å². The number of aromatic nitrogens is 2. The van der Waals surface area contributed by atoms with Crippen molar-refractivity contribution in [1.82, 2.24) is 9.97 Å². The summed E-state index contributed by atoms with van der Waals surface area (Å²) in [5.41, 5.74) is 1.03. The molecule has 0 fully saturated rings. The maximum absolute atomic E-state index is 12.5. The van der Waals surface area contributed by atoms with Gasteiger partial charge in [0, 0.05) is 10.7 Å². The van der Waals surface area contributed by atoms with Crippen LogP contribution in [-0.4, -0.2) is 21.6 Å². The summed E-state index contributed by atoms with van der Waals surface area (Å²) in [5.74, 6) is -0.280. The van der Waals surface area contributed by atoms with Crippen molar-refractivity contribution in [3.05, 3.63) is 53.1 Å². The molecule has 0 saturated carbocycles. The Morgan fingerprint density at radius 3 is 2.60 bits per heavy atom. The second-order valence-electron chi connectivity index (χ2n) is 5.12. The maximum Gasteiger partial charge on any atom is 0.416 e. The molecule has 0 spiro atoms. The summed E-state index contributed by atoms with van der Waals surface area (Å²) in [7, 11) is 0. The molecule has 0 atom stereocenters. The number of anilines is 1. The lowest BCUT2D eigenvalue weighted by Crippen LogP contribution is -2.14. The predicted octanol–water partition coefficient (Wildman–Crippen LogP) is 4.97. The molecule has 1 amide bonds. The van der Waals surface area contributed by atoms with Crippen molar-refractivity contribution in [3.8, 4) is 0 Å². The Kier molecular flexibility index (Phi) is 4.91. The topological polar surface area (TPSA) is 57.8 Å². The van der Waals surface area contributed by atoms with Gasteiger partial charge < -0.3 is 10.3 Å². The average molecular weight is 386 g/mol. The van der Waals surface area contributed by atoms with Crippen LogP contribution in [0.25, 0.3) is 11.0 Å². The van der Waals surface area contributed by atoms with Crippen molar-refractivity contribution < 1.29 is 18.0 Å². The first-order valence-corrected chi connectivity index (χ1v) is 8.43. The number of nitrogens with zero attached hydrogens (tertiary/aromatic N) is 1. The fourth-order valence-corrected chi connectivity index (χ4v) is 2.96. The maximum atomic E-state index is 12.5. The highest BCUT2D eigenvalue weighted by Gasteiger charge is 2.29. The molecule has 0 bridgehead atoms. The Labute approximate surface area is 149 Å². The van der Waals surface area contributed by atoms with E-state index in [1.807, 2.05) is 0 Å². The number of H-pyrrole nitrogens is 1. The van der Waals surface area contributed by atoms with Gasteiger partial charge in [-0.25, -0.2) is 4.98 Å². The molecule has 4 nitrogen and oxygen atoms in total. The summed E-state index contributed by atoms with van der Waals surface area (Å²) in [6.45, 7) is 0. The minimum Gasteiger partial charge on any atom is -0.333 e. The van der Waals surface area contributed by atoms with Crippen LogP contribution in [0.4, 0.5) is 18.9 Å². The molecule has 0 radical (unpaired) electrons. The fraction of sp³-hybridized carbons (Fsp3) is 0.125. The van der Waals surface area contributed by atoms with E-state index in [1.54, 1.807) is 18.2 Å². The van der Waals surface area contributed by atoms with Crippen molar-refractivity contribution in [1.29, 1.82) is 0 Å². The Morgan fingerprint density at radius 2 is 1.92 bits per heavy atom. The Morgan fingerprint density at radius 1 is 1.20 bits per heavy atom. The number of benzene rings is 2. The Balaban J connectivity index is 1.58. The number of rotatable bonds is 4. The van der Waals surface area contributed by atoms with Gasteiger partial charge >= 0.3 is 6.18 Å². The monoisotopic (exact) mass is 385 g/mol. The van der Waals surface area contributed by atoms with Gasteiger partial charge in [0.05, 0.1) is 22.3 Å². The van der Waals surface area contributed by atoms with Gasteiger partial charge in [-0.2, -0.15) is 13.2 Å². The number of fused-ring (bicyclic) bond motifs is 1. The van der Waals surface area contributed by atoms with Crippen LogP contribution in [0.2, 0.25) is 5.02 Å². The normalized spacial score (nSPS) is 11.7. The summed E-state index contributed by atoms with van der Waals surface area (Å²) < 4.78 is 37.5. The van der Waals surface area contributed by atoms with Gasteiger partial charge in [-0.05, 0) is 42.5 Å². The predicted molar refractivity (Wildman–Crippen MR) is 91.9 cm³/mol. The standard InChI is InChI=1S/C16H11ClF3N3OS/c17-10-3-6-12-13(7-10)23-15(22-12)25-8-14(24)21-11-4-1-9(2-5-11)16(18,19)20/h1-7H,8H2,(H,21,24)(H,22,23). The number of nitrogens with one attached hydrogen (secondary N) is 2. The van der Waals surface area contributed by atoms with Crippen LogP contribution < -0.4 is 5.32 Å². The summed E-state index contributed by atoms with van der Waals surface area (Å²) in [4.78, 5) is 19.3. The number of carbonyl (C=O) groups excluding carboxylic acids is 1. The molecule has 1 heterocycles. The third-order valence-electron chi connectivity index (χ3n) is 3.26. The summed E-state index contributed by atoms with van der Waals surface area (Å²) in [6, 6.07) is 9.49. The molecule has 0 aliphatic carbocycles. The number of carbonyl (C=O) groups is 1. The third kappa shape index (κ3) is 4.46. The molecular weight excluding hydrogens is 375 g/mol. The van der Waals surface area contributed by atoms with Crippen LogP contribution >= 0.6 is 23.4 Å². The van der Waals surface area contributed by atoms with Gasteiger partial charge in [0.15, 0.2) is 5.16 Å². The van der Waals surface area contributed by atoms with Gasteiger partial charge in [0.25, 0.3) is 0 Å². The van der Waals surface area contributed by atoms with Crippen LogP contribution in [0.3, 0.4) is 0 Å². The van der Waals surface area contributed by atoms with Gasteiger partial charge in [0.1, 0.15) is 0 Å². The first kappa shape index (κ1) is 17.6. The first-order chi connectivity index (χ1) is 11.8. The van der Waals surface area contributed by atoms with Crippen molar-refractivity contribution in [3.63, 3.8) is 0 Å². The number of aromatic amines is 1. The Bertz CT molecular complexity index is 909.